The number of alkyl halides is 6. The van der Waals surface area contributed by atoms with Crippen molar-refractivity contribution in [3.8, 4) is 0 Å². The molecule has 2 heterocycles. The van der Waals surface area contributed by atoms with Gasteiger partial charge in [-0.25, -0.2) is 0 Å². The second-order valence-corrected chi connectivity index (χ2v) is 8.02. The lowest BCUT2D eigenvalue weighted by molar-refractivity contribution is -0.303. The molecule has 1 N–H and O–H groups in total. The Morgan fingerprint density at radius 3 is 2.33 bits per heavy atom. The predicted octanol–water partition coefficient (Wildman–Crippen LogP) is 8.62. The minimum absolute atomic E-state index is 0. The SMILES string of the molecule is C=C(/C=C\C=C(/C)NC1CCCn2nc(/C(=C/C(=C)C(F)(F)F)C(C)C)cc21)OC(F)(F)F.CC.I. The van der Waals surface area contributed by atoms with Gasteiger partial charge in [0.15, 0.2) is 0 Å². The van der Waals surface area contributed by atoms with Crippen LogP contribution < -0.4 is 5.32 Å². The van der Waals surface area contributed by atoms with Crippen molar-refractivity contribution in [2.45, 2.75) is 72.6 Å². The van der Waals surface area contributed by atoms with Crippen molar-refractivity contribution >= 4 is 29.5 Å². The van der Waals surface area contributed by atoms with Crippen LogP contribution in [0, 0.1) is 5.92 Å². The first-order chi connectivity index (χ1) is 16.2. The Hall–Kier alpha value is -2.18. The highest BCUT2D eigenvalue weighted by Gasteiger charge is 2.32. The molecule has 0 amide bonds. The van der Waals surface area contributed by atoms with E-state index in [2.05, 4.69) is 28.3 Å². The number of aryl methyl sites for hydroxylation is 1. The molecule has 0 spiro atoms. The third kappa shape index (κ3) is 10.8. The molecular weight excluding hydrogens is 599 g/mol. The van der Waals surface area contributed by atoms with Crippen LogP contribution in [0.5, 0.6) is 0 Å². The maximum Gasteiger partial charge on any atom is 0.573 e. The number of ether oxygens (including phenoxy) is 1. The molecule has 1 aliphatic heterocycles. The number of rotatable bonds is 8. The second-order valence-electron chi connectivity index (χ2n) is 8.02. The van der Waals surface area contributed by atoms with Crippen molar-refractivity contribution < 1.29 is 31.1 Å². The van der Waals surface area contributed by atoms with E-state index in [9.17, 15) is 26.3 Å². The molecule has 0 aromatic carbocycles. The lowest BCUT2D eigenvalue weighted by Gasteiger charge is -2.25. The molecular formula is C25H34F6IN3O. The van der Waals surface area contributed by atoms with Gasteiger partial charge >= 0.3 is 12.5 Å². The van der Waals surface area contributed by atoms with Gasteiger partial charge in [0, 0.05) is 17.8 Å². The first-order valence-corrected chi connectivity index (χ1v) is 11.3. The number of aromatic nitrogens is 2. The molecule has 0 radical (unpaired) electrons. The maximum absolute atomic E-state index is 13.0. The second kappa shape index (κ2) is 14.5. The summed E-state index contributed by atoms with van der Waals surface area (Å²) in [5.41, 5.74) is 1.46. The summed E-state index contributed by atoms with van der Waals surface area (Å²) < 4.78 is 80.9. The Morgan fingerprint density at radius 1 is 1.19 bits per heavy atom. The zero-order valence-electron chi connectivity index (χ0n) is 21.1. The van der Waals surface area contributed by atoms with E-state index in [1.165, 1.54) is 6.08 Å². The van der Waals surface area contributed by atoms with Gasteiger partial charge in [0.2, 0.25) is 0 Å². The molecule has 11 heteroatoms. The van der Waals surface area contributed by atoms with Crippen LogP contribution in [0.1, 0.15) is 64.9 Å². The number of nitrogens with zero attached hydrogens (tertiary/aromatic N) is 2. The van der Waals surface area contributed by atoms with E-state index in [0.717, 1.165) is 30.7 Å². The maximum atomic E-state index is 13.0. The molecule has 0 saturated heterocycles. The van der Waals surface area contributed by atoms with Crippen molar-refractivity contribution in [1.29, 1.82) is 0 Å². The van der Waals surface area contributed by atoms with Gasteiger partial charge in [-0.05, 0) is 55.6 Å². The molecule has 0 bridgehead atoms. The van der Waals surface area contributed by atoms with Gasteiger partial charge in [-0.15, -0.1) is 37.1 Å². The summed E-state index contributed by atoms with van der Waals surface area (Å²) in [7, 11) is 0. The Kier molecular flexibility index (Phi) is 13.7. The molecule has 1 aromatic heterocycles. The average molecular weight is 633 g/mol. The minimum atomic E-state index is -4.80. The standard InChI is InChI=1S/C23H27F6N3O.C2H6.HI/c1-14(2)18(12-15(3)22(24,25)26)20-13-21-19(10-7-11-32(21)31-20)30-16(4)8-6-9-17(5)33-23(27,28)29;1-2;/h6,8-9,12-14,19,30H,3,5,7,10-11H2,1-2,4H3;1-2H3;1H/b9-6-,16-8+,18-12+;;. The van der Waals surface area contributed by atoms with Crippen molar-refractivity contribution in [1.82, 2.24) is 15.1 Å². The van der Waals surface area contributed by atoms with Gasteiger partial charge in [-0.1, -0.05) is 46.9 Å². The predicted molar refractivity (Wildman–Crippen MR) is 141 cm³/mol. The Bertz CT molecular complexity index is 971. The fourth-order valence-electron chi connectivity index (χ4n) is 3.38. The highest BCUT2D eigenvalue weighted by molar-refractivity contribution is 14.0. The average Bonchev–Trinajstić information content (AvgIpc) is 3.16. The number of fused-ring (bicyclic) bond motifs is 1. The van der Waals surface area contributed by atoms with Crippen molar-refractivity contribution in [2.24, 2.45) is 5.92 Å². The zero-order valence-corrected chi connectivity index (χ0v) is 23.4. The third-order valence-electron chi connectivity index (χ3n) is 4.92. The molecule has 2 rings (SSSR count). The summed E-state index contributed by atoms with van der Waals surface area (Å²) in [5.74, 6) is -0.744. The fraction of sp³-hybridized carbons (Fsp3) is 0.480. The van der Waals surface area contributed by atoms with E-state index in [1.54, 1.807) is 37.6 Å². The van der Waals surface area contributed by atoms with Gasteiger partial charge in [0.1, 0.15) is 5.76 Å². The van der Waals surface area contributed by atoms with E-state index >= 15 is 0 Å². The normalized spacial score (nSPS) is 16.6. The summed E-state index contributed by atoms with van der Waals surface area (Å²) in [5, 5.41) is 7.80. The lowest BCUT2D eigenvalue weighted by atomic mass is 9.96. The molecule has 4 nitrogen and oxygen atoms in total. The van der Waals surface area contributed by atoms with E-state index in [4.69, 9.17) is 0 Å². The van der Waals surface area contributed by atoms with Crippen LogP contribution in [-0.4, -0.2) is 22.3 Å². The largest absolute Gasteiger partial charge is 0.573 e. The van der Waals surface area contributed by atoms with Crippen LogP contribution in [0.15, 0.2) is 60.6 Å². The molecule has 1 aliphatic rings. The molecule has 0 saturated carbocycles. The minimum Gasteiger partial charge on any atom is -0.406 e. The molecule has 0 fully saturated rings. The molecule has 36 heavy (non-hydrogen) atoms. The quantitative estimate of drug-likeness (QED) is 0.135. The molecule has 1 unspecified atom stereocenters. The van der Waals surface area contributed by atoms with Gasteiger partial charge < -0.3 is 10.1 Å². The van der Waals surface area contributed by atoms with Crippen LogP contribution in [0.3, 0.4) is 0 Å². The van der Waals surface area contributed by atoms with Crippen molar-refractivity contribution in [3.63, 3.8) is 0 Å². The van der Waals surface area contributed by atoms with Crippen LogP contribution in [-0.2, 0) is 11.3 Å². The first-order valence-electron chi connectivity index (χ1n) is 11.3. The summed E-state index contributed by atoms with van der Waals surface area (Å²) >= 11 is 0. The first kappa shape index (κ1) is 33.8. The highest BCUT2D eigenvalue weighted by Crippen LogP contribution is 2.33. The van der Waals surface area contributed by atoms with Gasteiger partial charge in [-0.2, -0.15) is 18.3 Å². The summed E-state index contributed by atoms with van der Waals surface area (Å²) in [4.78, 5) is 0. The Labute approximate surface area is 225 Å². The van der Waals surface area contributed by atoms with E-state index in [0.29, 0.717) is 23.5 Å². The molecule has 1 aromatic rings. The zero-order chi connectivity index (χ0) is 27.0. The van der Waals surface area contributed by atoms with Gasteiger partial charge in [-0.3, -0.25) is 4.68 Å². The van der Waals surface area contributed by atoms with E-state index < -0.39 is 23.9 Å². The van der Waals surface area contributed by atoms with Crippen LogP contribution >= 0.6 is 24.0 Å². The van der Waals surface area contributed by atoms with Gasteiger partial charge in [0.25, 0.3) is 0 Å². The van der Waals surface area contributed by atoms with Crippen molar-refractivity contribution in [2.75, 3.05) is 0 Å². The topological polar surface area (TPSA) is 39.1 Å². The van der Waals surface area contributed by atoms with Crippen molar-refractivity contribution in [3.05, 3.63) is 71.9 Å². The lowest BCUT2D eigenvalue weighted by Crippen LogP contribution is -2.26. The van der Waals surface area contributed by atoms with Gasteiger partial charge in [0.05, 0.1) is 17.4 Å². The van der Waals surface area contributed by atoms with E-state index in [-0.39, 0.29) is 35.9 Å². The summed E-state index contributed by atoms with van der Waals surface area (Å²) in [6.45, 7) is 16.3. The summed E-state index contributed by atoms with van der Waals surface area (Å²) in [6.07, 6.45) is -2.66. The summed E-state index contributed by atoms with van der Waals surface area (Å²) in [6, 6.07) is 1.62. The van der Waals surface area contributed by atoms with Crippen LogP contribution in [0.4, 0.5) is 26.3 Å². The smallest absolute Gasteiger partial charge is 0.406 e. The number of hydrogen-bond donors (Lipinski definition) is 1. The van der Waals surface area contributed by atoms with Crippen LogP contribution in [0.25, 0.3) is 5.57 Å². The Morgan fingerprint density at radius 2 is 1.81 bits per heavy atom. The number of hydrogen-bond acceptors (Lipinski definition) is 3. The Balaban J connectivity index is 0.00000398. The number of halogens is 7. The number of nitrogens with one attached hydrogen (secondary N) is 1. The number of allylic oxidation sites excluding steroid dienone is 7. The van der Waals surface area contributed by atoms with Crippen LogP contribution in [0.2, 0.25) is 0 Å². The monoisotopic (exact) mass is 633 g/mol. The van der Waals surface area contributed by atoms with E-state index in [1.807, 2.05) is 13.8 Å². The third-order valence-corrected chi connectivity index (χ3v) is 4.92. The highest BCUT2D eigenvalue weighted by atomic mass is 127. The molecule has 1 atom stereocenters. The fourth-order valence-corrected chi connectivity index (χ4v) is 3.38. The molecule has 0 aliphatic carbocycles. The molecule has 204 valence electrons.